The minimum absolute atomic E-state index is 0.0358. The van der Waals surface area contributed by atoms with E-state index in [0.29, 0.717) is 10.8 Å². The minimum atomic E-state index is -3.47. The molecule has 0 fully saturated rings. The van der Waals surface area contributed by atoms with E-state index in [4.69, 9.17) is 23.2 Å². The lowest BCUT2D eigenvalue weighted by Gasteiger charge is -2.06. The maximum Gasteiger partial charge on any atom is 0.180 e. The summed E-state index contributed by atoms with van der Waals surface area (Å²) in [6, 6.07) is 4.42. The lowest BCUT2D eigenvalue weighted by molar-refractivity contribution is 0.597. The van der Waals surface area contributed by atoms with Crippen molar-refractivity contribution in [2.45, 2.75) is 13.6 Å². The van der Waals surface area contributed by atoms with Crippen molar-refractivity contribution in [3.63, 3.8) is 0 Å². The number of hydrogen-bond donors (Lipinski definition) is 0. The maximum absolute atomic E-state index is 12.3. The summed E-state index contributed by atoms with van der Waals surface area (Å²) in [5.74, 6) is 0.347. The van der Waals surface area contributed by atoms with Gasteiger partial charge in [0.2, 0.25) is 0 Å². The highest BCUT2D eigenvalue weighted by Gasteiger charge is 2.19. The van der Waals surface area contributed by atoms with Crippen LogP contribution in [0.4, 0.5) is 0 Å². The van der Waals surface area contributed by atoms with E-state index in [9.17, 15) is 8.42 Å². The molecular weight excluding hydrogens is 391 g/mol. The van der Waals surface area contributed by atoms with Gasteiger partial charge in [0.05, 0.1) is 15.7 Å². The molecule has 0 saturated carbocycles. The van der Waals surface area contributed by atoms with Gasteiger partial charge in [0.1, 0.15) is 0 Å². The summed E-state index contributed by atoms with van der Waals surface area (Å²) in [6.07, 6.45) is 1.92. The first-order valence-electron chi connectivity index (χ1n) is 5.60. The third kappa shape index (κ3) is 4.74. The van der Waals surface area contributed by atoms with Gasteiger partial charge >= 0.3 is 0 Å². The van der Waals surface area contributed by atoms with Gasteiger partial charge in [0, 0.05) is 10.8 Å². The largest absolute Gasteiger partial charge is 0.224 e. The van der Waals surface area contributed by atoms with Crippen LogP contribution in [0.5, 0.6) is 0 Å². The molecule has 114 valence electrons. The smallest absolute Gasteiger partial charge is 0.180 e. The predicted molar refractivity (Wildman–Crippen MR) is 90.9 cm³/mol. The molecule has 1 aromatic heterocycles. The van der Waals surface area contributed by atoms with E-state index < -0.39 is 9.84 Å². The Morgan fingerprint density at radius 2 is 1.95 bits per heavy atom. The van der Waals surface area contributed by atoms with Crippen LogP contribution in [-0.2, 0) is 9.84 Å². The van der Waals surface area contributed by atoms with Crippen molar-refractivity contribution in [2.24, 2.45) is 0 Å². The summed E-state index contributed by atoms with van der Waals surface area (Å²) in [7, 11) is -3.47. The Morgan fingerprint density at radius 3 is 2.62 bits per heavy atom. The fourth-order valence-electron chi connectivity index (χ4n) is 1.40. The fraction of sp³-hybridized carbons (Fsp3) is 0.273. The van der Waals surface area contributed by atoms with Gasteiger partial charge in [0.25, 0.3) is 0 Å². The van der Waals surface area contributed by atoms with Crippen molar-refractivity contribution in [3.05, 3.63) is 28.2 Å². The average Bonchev–Trinajstić information content (AvgIpc) is 2.89. The quantitative estimate of drug-likeness (QED) is 0.679. The number of nitrogens with zero attached hydrogens (tertiary/aromatic N) is 2. The highest BCUT2D eigenvalue weighted by atomic mass is 35.5. The third-order valence-electron chi connectivity index (χ3n) is 2.37. The fourth-order valence-corrected chi connectivity index (χ4v) is 6.37. The van der Waals surface area contributed by atoms with Crippen LogP contribution in [0.15, 0.2) is 31.8 Å². The minimum Gasteiger partial charge on any atom is -0.224 e. The van der Waals surface area contributed by atoms with E-state index in [2.05, 4.69) is 10.2 Å². The van der Waals surface area contributed by atoms with E-state index in [1.165, 1.54) is 47.0 Å². The average molecular weight is 401 g/mol. The van der Waals surface area contributed by atoms with Crippen LogP contribution in [0, 0.1) is 0 Å². The zero-order valence-electron chi connectivity index (χ0n) is 10.7. The molecule has 0 radical (unpaired) electrons. The predicted octanol–water partition coefficient (Wildman–Crippen LogP) is 4.13. The third-order valence-corrected chi connectivity index (χ3v) is 8.09. The van der Waals surface area contributed by atoms with Crippen molar-refractivity contribution in [2.75, 3.05) is 17.8 Å². The molecule has 2 rings (SSSR count). The molecule has 0 spiro atoms. The summed E-state index contributed by atoms with van der Waals surface area (Å²) in [5.41, 5.74) is 0. The summed E-state index contributed by atoms with van der Waals surface area (Å²) >= 11 is 16.1. The number of sulfone groups is 1. The molecule has 4 nitrogen and oxygen atoms in total. The van der Waals surface area contributed by atoms with Crippen LogP contribution in [0.25, 0.3) is 0 Å². The molecule has 1 heterocycles. The summed E-state index contributed by atoms with van der Waals surface area (Å²) in [6.45, 7) is 0. The van der Waals surface area contributed by atoms with E-state index in [-0.39, 0.29) is 15.7 Å². The zero-order chi connectivity index (χ0) is 15.5. The Morgan fingerprint density at radius 1 is 1.24 bits per heavy atom. The lowest BCUT2D eigenvalue weighted by atomic mass is 10.4. The van der Waals surface area contributed by atoms with Gasteiger partial charge in [-0.1, -0.05) is 58.1 Å². The number of hydrogen-bond acceptors (Lipinski definition) is 7. The van der Waals surface area contributed by atoms with E-state index in [1.54, 1.807) is 6.07 Å². The molecule has 10 heteroatoms. The Balaban J connectivity index is 2.02. The second-order valence-electron chi connectivity index (χ2n) is 3.78. The first-order valence-corrected chi connectivity index (χ1v) is 11.0. The molecule has 0 aliphatic carbocycles. The molecule has 0 bridgehead atoms. The van der Waals surface area contributed by atoms with Gasteiger partial charge in [-0.05, 0) is 24.5 Å². The molecule has 1 aromatic carbocycles. The molecule has 0 aliphatic heterocycles. The standard InChI is InChI=1S/C11H10Cl2N2O2S4/c1-18-10-14-15-11(20-10)19-4-5-21(16,17)9-6-7(12)2-3-8(9)13/h2-3,6H,4-5H2,1H3. The molecular formula is C11H10Cl2N2O2S4. The number of thioether (sulfide) groups is 2. The van der Waals surface area contributed by atoms with Gasteiger partial charge in [-0.2, -0.15) is 0 Å². The Hall–Kier alpha value is 0.01000. The highest BCUT2D eigenvalue weighted by molar-refractivity contribution is 8.03. The monoisotopic (exact) mass is 400 g/mol. The zero-order valence-corrected chi connectivity index (χ0v) is 15.5. The van der Waals surface area contributed by atoms with Crippen molar-refractivity contribution in [1.82, 2.24) is 10.2 Å². The summed E-state index contributed by atoms with van der Waals surface area (Å²) in [4.78, 5) is 0.0688. The van der Waals surface area contributed by atoms with Crippen LogP contribution < -0.4 is 0 Å². The van der Waals surface area contributed by atoms with Crippen molar-refractivity contribution < 1.29 is 8.42 Å². The van der Waals surface area contributed by atoms with E-state index in [0.717, 1.165) is 8.68 Å². The second-order valence-corrected chi connectivity index (χ2v) is 10.1. The first kappa shape index (κ1) is 17.4. The van der Waals surface area contributed by atoms with Gasteiger partial charge in [-0.15, -0.1) is 10.2 Å². The van der Waals surface area contributed by atoms with E-state index in [1.807, 2.05) is 6.26 Å². The molecule has 0 aliphatic rings. The number of halogens is 2. The topological polar surface area (TPSA) is 59.9 Å². The molecule has 0 N–H and O–H groups in total. The van der Waals surface area contributed by atoms with E-state index >= 15 is 0 Å². The van der Waals surface area contributed by atoms with Crippen molar-refractivity contribution >= 4 is 67.9 Å². The van der Waals surface area contributed by atoms with Crippen LogP contribution in [0.1, 0.15) is 0 Å². The second kappa shape index (κ2) is 7.52. The molecule has 0 unspecified atom stereocenters. The number of benzene rings is 1. The normalized spacial score (nSPS) is 11.8. The Labute approximate surface area is 145 Å². The summed E-state index contributed by atoms with van der Waals surface area (Å²) < 4.78 is 26.1. The molecule has 0 saturated heterocycles. The van der Waals surface area contributed by atoms with Gasteiger partial charge in [-0.3, -0.25) is 0 Å². The Kier molecular flexibility index (Phi) is 6.22. The maximum atomic E-state index is 12.3. The lowest BCUT2D eigenvalue weighted by Crippen LogP contribution is -2.09. The van der Waals surface area contributed by atoms with Crippen LogP contribution in [-0.4, -0.2) is 36.4 Å². The van der Waals surface area contributed by atoms with Crippen molar-refractivity contribution in [1.29, 1.82) is 0 Å². The Bertz CT molecular complexity index is 734. The SMILES string of the molecule is CSc1nnc(SCCS(=O)(=O)c2cc(Cl)ccc2Cl)s1. The van der Waals surface area contributed by atoms with Gasteiger partial charge in [-0.25, -0.2) is 8.42 Å². The number of rotatable bonds is 6. The molecule has 0 atom stereocenters. The molecule has 21 heavy (non-hydrogen) atoms. The van der Waals surface area contributed by atoms with Gasteiger partial charge in [0.15, 0.2) is 18.5 Å². The molecule has 0 amide bonds. The van der Waals surface area contributed by atoms with Crippen molar-refractivity contribution in [3.8, 4) is 0 Å². The first-order chi connectivity index (χ1) is 9.92. The van der Waals surface area contributed by atoms with Crippen LogP contribution in [0.2, 0.25) is 10.0 Å². The highest BCUT2D eigenvalue weighted by Crippen LogP contribution is 2.29. The van der Waals surface area contributed by atoms with Crippen LogP contribution >= 0.6 is 58.1 Å². The summed E-state index contributed by atoms with van der Waals surface area (Å²) in [5, 5.41) is 8.47. The van der Waals surface area contributed by atoms with Gasteiger partial charge < -0.3 is 0 Å². The molecule has 2 aromatic rings. The van der Waals surface area contributed by atoms with Crippen LogP contribution in [0.3, 0.4) is 0 Å². The number of aromatic nitrogens is 2.